The fraction of sp³-hybridized carbons (Fsp3) is 1.00. The average Bonchev–Trinajstić information content (AvgIpc) is 2.00. The quantitative estimate of drug-likeness (QED) is 0.579. The molecule has 0 radical (unpaired) electrons. The topological polar surface area (TPSA) is 29.5 Å². The van der Waals surface area contributed by atoms with E-state index >= 15 is 0 Å². The lowest BCUT2D eigenvalue weighted by atomic mass is 9.95. The highest BCUT2D eigenvalue weighted by Gasteiger charge is 2.44. The maximum absolute atomic E-state index is 10.4. The van der Waals surface area contributed by atoms with Gasteiger partial charge in [0.05, 0.1) is 0 Å². The molecule has 0 aromatic heterocycles. The lowest BCUT2D eigenvalue weighted by Crippen LogP contribution is -2.50. The van der Waals surface area contributed by atoms with Crippen LogP contribution in [0.15, 0.2) is 0 Å². The van der Waals surface area contributed by atoms with E-state index in [1.165, 1.54) is 6.42 Å². The molecule has 0 saturated heterocycles. The first-order chi connectivity index (χ1) is 6.66. The van der Waals surface area contributed by atoms with Crippen molar-refractivity contribution in [1.29, 1.82) is 0 Å². The predicted molar refractivity (Wildman–Crippen MR) is 66.3 cm³/mol. The van der Waals surface area contributed by atoms with E-state index in [1.807, 2.05) is 0 Å². The number of rotatable bonds is 2. The molecule has 1 aliphatic rings. The number of hydrogen-bond donors (Lipinski definition) is 1. The van der Waals surface area contributed by atoms with Crippen LogP contribution in [0.5, 0.6) is 0 Å². The fourth-order valence-corrected chi connectivity index (χ4v) is 3.29. The van der Waals surface area contributed by atoms with E-state index in [4.69, 9.17) is 4.43 Å². The van der Waals surface area contributed by atoms with Gasteiger partial charge >= 0.3 is 0 Å². The van der Waals surface area contributed by atoms with Gasteiger partial charge in [-0.1, -0.05) is 27.2 Å². The number of hydrogen-bond acceptors (Lipinski definition) is 2. The van der Waals surface area contributed by atoms with Crippen LogP contribution in [0.25, 0.3) is 0 Å². The summed E-state index contributed by atoms with van der Waals surface area (Å²) in [6.45, 7) is 11.1. The van der Waals surface area contributed by atoms with Crippen LogP contribution in [0, 0.1) is 0 Å². The Morgan fingerprint density at radius 3 is 1.93 bits per heavy atom. The van der Waals surface area contributed by atoms with Gasteiger partial charge in [-0.2, -0.15) is 0 Å². The Balaban J connectivity index is 2.67. The van der Waals surface area contributed by atoms with Gasteiger partial charge in [-0.3, -0.25) is 0 Å². The van der Waals surface area contributed by atoms with Crippen LogP contribution in [0.1, 0.15) is 52.9 Å². The largest absolute Gasteiger partial charge is 0.390 e. The molecule has 0 atom stereocenters. The highest BCUT2D eigenvalue weighted by atomic mass is 28.4. The van der Waals surface area contributed by atoms with Crippen molar-refractivity contribution in [1.82, 2.24) is 0 Å². The molecule has 0 spiro atoms. The monoisotopic (exact) mass is 230 g/mol. The Kier molecular flexibility index (Phi) is 3.69. The van der Waals surface area contributed by atoms with Crippen molar-refractivity contribution in [3.8, 4) is 0 Å². The molecule has 0 unspecified atom stereocenters. The Labute approximate surface area is 95.2 Å². The Morgan fingerprint density at radius 2 is 1.53 bits per heavy atom. The number of aliphatic hydroxyl groups is 1. The maximum atomic E-state index is 10.4. The summed E-state index contributed by atoms with van der Waals surface area (Å²) in [6, 6.07) is 0. The molecular formula is C12H26O2Si. The lowest BCUT2D eigenvalue weighted by molar-refractivity contribution is -0.167. The molecule has 1 rings (SSSR count). The summed E-state index contributed by atoms with van der Waals surface area (Å²) < 4.78 is 6.13. The van der Waals surface area contributed by atoms with Crippen molar-refractivity contribution in [2.45, 2.75) is 76.8 Å². The van der Waals surface area contributed by atoms with Crippen LogP contribution >= 0.6 is 0 Å². The first-order valence-electron chi connectivity index (χ1n) is 6.09. The smallest absolute Gasteiger partial charge is 0.195 e. The first kappa shape index (κ1) is 13.2. The minimum atomic E-state index is -1.81. The fourth-order valence-electron chi connectivity index (χ4n) is 1.83. The van der Waals surface area contributed by atoms with Crippen molar-refractivity contribution < 1.29 is 9.53 Å². The molecular weight excluding hydrogens is 204 g/mol. The highest BCUT2D eigenvalue weighted by molar-refractivity contribution is 6.74. The third-order valence-electron chi connectivity index (χ3n) is 3.89. The molecule has 0 bridgehead atoms. The predicted octanol–water partition coefficient (Wildman–Crippen LogP) is 3.66. The molecule has 1 saturated carbocycles. The molecule has 1 N–H and O–H groups in total. The van der Waals surface area contributed by atoms with Crippen LogP contribution in [0.4, 0.5) is 0 Å². The average molecular weight is 230 g/mol. The molecule has 3 heteroatoms. The lowest BCUT2D eigenvalue weighted by Gasteiger charge is -2.44. The molecule has 15 heavy (non-hydrogen) atoms. The van der Waals surface area contributed by atoms with Crippen molar-refractivity contribution in [2.24, 2.45) is 0 Å². The maximum Gasteiger partial charge on any atom is 0.195 e. The molecule has 2 nitrogen and oxygen atoms in total. The SMILES string of the molecule is CC(C)(C)[Si](C)(C)OC1(O)CCCCC1. The normalized spacial score (nSPS) is 22.8. The van der Waals surface area contributed by atoms with Crippen molar-refractivity contribution in [3.05, 3.63) is 0 Å². The van der Waals surface area contributed by atoms with E-state index in [0.717, 1.165) is 25.7 Å². The van der Waals surface area contributed by atoms with E-state index in [9.17, 15) is 5.11 Å². The van der Waals surface area contributed by atoms with Gasteiger partial charge in [0.25, 0.3) is 0 Å². The minimum absolute atomic E-state index is 0.181. The summed E-state index contributed by atoms with van der Waals surface area (Å²) in [7, 11) is -1.81. The van der Waals surface area contributed by atoms with E-state index in [2.05, 4.69) is 33.9 Å². The third kappa shape index (κ3) is 3.30. The van der Waals surface area contributed by atoms with Gasteiger partial charge in [0.1, 0.15) is 0 Å². The molecule has 1 fully saturated rings. The molecule has 0 amide bonds. The molecule has 0 aromatic rings. The van der Waals surface area contributed by atoms with Gasteiger partial charge in [-0.05, 0) is 31.0 Å². The summed E-state index contributed by atoms with van der Waals surface area (Å²) in [4.78, 5) is 0. The second-order valence-corrected chi connectivity index (χ2v) is 11.1. The summed E-state index contributed by atoms with van der Waals surface area (Å²) in [5.41, 5.74) is 0. The standard InChI is InChI=1S/C12H26O2Si/c1-11(2,3)15(4,5)14-12(13)9-7-6-8-10-12/h13H,6-10H2,1-5H3. The van der Waals surface area contributed by atoms with Gasteiger partial charge in [-0.15, -0.1) is 0 Å². The zero-order chi connectivity index (χ0) is 11.7. The Morgan fingerprint density at radius 1 is 1.07 bits per heavy atom. The van der Waals surface area contributed by atoms with Gasteiger partial charge in [0.2, 0.25) is 0 Å². The molecule has 0 heterocycles. The van der Waals surface area contributed by atoms with Crippen molar-refractivity contribution in [2.75, 3.05) is 0 Å². The molecule has 0 aromatic carbocycles. The summed E-state index contributed by atoms with van der Waals surface area (Å²) in [6.07, 6.45) is 5.08. The minimum Gasteiger partial charge on any atom is -0.390 e. The second-order valence-electron chi connectivity index (χ2n) is 6.37. The van der Waals surface area contributed by atoms with Crippen molar-refractivity contribution >= 4 is 8.32 Å². The summed E-state index contributed by atoms with van der Waals surface area (Å²) >= 11 is 0. The highest BCUT2D eigenvalue weighted by Crippen LogP contribution is 2.41. The second kappa shape index (κ2) is 4.19. The van der Waals surface area contributed by atoms with Crippen LogP contribution in [-0.2, 0) is 4.43 Å². The van der Waals surface area contributed by atoms with E-state index in [1.54, 1.807) is 0 Å². The van der Waals surface area contributed by atoms with E-state index in [0.29, 0.717) is 0 Å². The zero-order valence-electron chi connectivity index (χ0n) is 10.9. The van der Waals surface area contributed by atoms with Gasteiger partial charge < -0.3 is 9.53 Å². The van der Waals surface area contributed by atoms with Crippen LogP contribution in [0.3, 0.4) is 0 Å². The van der Waals surface area contributed by atoms with E-state index < -0.39 is 14.1 Å². The summed E-state index contributed by atoms with van der Waals surface area (Å²) in [5.74, 6) is -0.818. The van der Waals surface area contributed by atoms with Gasteiger partial charge in [0.15, 0.2) is 14.1 Å². The van der Waals surface area contributed by atoms with Crippen LogP contribution in [-0.4, -0.2) is 19.2 Å². The summed E-state index contributed by atoms with van der Waals surface area (Å²) in [5, 5.41) is 10.6. The molecule has 0 aliphatic heterocycles. The Hall–Kier alpha value is 0.137. The molecule has 90 valence electrons. The van der Waals surface area contributed by atoms with Crippen LogP contribution < -0.4 is 0 Å². The Bertz CT molecular complexity index is 212. The van der Waals surface area contributed by atoms with Gasteiger partial charge in [0, 0.05) is 12.8 Å². The van der Waals surface area contributed by atoms with E-state index in [-0.39, 0.29) is 5.04 Å². The third-order valence-corrected chi connectivity index (χ3v) is 8.39. The first-order valence-corrected chi connectivity index (χ1v) is 9.00. The van der Waals surface area contributed by atoms with Gasteiger partial charge in [-0.25, -0.2) is 0 Å². The zero-order valence-corrected chi connectivity index (χ0v) is 11.9. The van der Waals surface area contributed by atoms with Crippen LogP contribution in [0.2, 0.25) is 18.1 Å². The van der Waals surface area contributed by atoms with Crippen molar-refractivity contribution in [3.63, 3.8) is 0 Å². The molecule has 1 aliphatic carbocycles.